The van der Waals surface area contributed by atoms with E-state index in [9.17, 15) is 9.59 Å². The molecule has 1 fully saturated rings. The highest BCUT2D eigenvalue weighted by Crippen LogP contribution is 2.41. The van der Waals surface area contributed by atoms with Crippen molar-refractivity contribution in [3.05, 3.63) is 21.9 Å². The maximum Gasteiger partial charge on any atom is 0.303 e. The maximum atomic E-state index is 12.7. The lowest BCUT2D eigenvalue weighted by Crippen LogP contribution is -2.41. The molecule has 0 radical (unpaired) electrons. The molecule has 0 aromatic carbocycles. The minimum atomic E-state index is -0.731. The van der Waals surface area contributed by atoms with E-state index in [1.54, 1.807) is 23.1 Å². The van der Waals surface area contributed by atoms with Gasteiger partial charge in [-0.2, -0.15) is 0 Å². The Hall–Kier alpha value is -1.01. The first-order chi connectivity index (χ1) is 10.1. The summed E-state index contributed by atoms with van der Waals surface area (Å²) in [5.41, 5.74) is 1.20. The summed E-state index contributed by atoms with van der Waals surface area (Å²) < 4.78 is 0. The molecule has 0 bridgehead atoms. The van der Waals surface area contributed by atoms with E-state index in [4.69, 9.17) is 5.11 Å². The van der Waals surface area contributed by atoms with E-state index in [1.165, 1.54) is 10.4 Å². The number of aliphatic carboxylic acids is 1. The van der Waals surface area contributed by atoms with Gasteiger partial charge in [0.2, 0.25) is 5.91 Å². The zero-order valence-electron chi connectivity index (χ0n) is 11.8. The molecule has 1 aromatic heterocycles. The third-order valence-electron chi connectivity index (χ3n) is 4.29. The van der Waals surface area contributed by atoms with Crippen molar-refractivity contribution in [3.8, 4) is 0 Å². The number of hydrogen-bond donors (Lipinski definition) is 1. The highest BCUT2D eigenvalue weighted by atomic mass is 32.2. The third kappa shape index (κ3) is 3.26. The van der Waals surface area contributed by atoms with Gasteiger partial charge in [-0.3, -0.25) is 9.59 Å². The molecule has 3 heterocycles. The summed E-state index contributed by atoms with van der Waals surface area (Å²) >= 11 is 3.50. The van der Waals surface area contributed by atoms with Crippen LogP contribution in [0.1, 0.15) is 35.0 Å². The number of amides is 1. The number of aryl methyl sites for hydroxylation is 1. The first-order valence-corrected chi connectivity index (χ1v) is 9.26. The highest BCUT2D eigenvalue weighted by Gasteiger charge is 2.33. The molecule has 3 rings (SSSR count). The fraction of sp³-hybridized carbons (Fsp3) is 0.600. The minimum absolute atomic E-state index is 0.0453. The van der Waals surface area contributed by atoms with Crippen LogP contribution in [0.15, 0.2) is 11.4 Å². The first kappa shape index (κ1) is 14.9. The second-order valence-electron chi connectivity index (χ2n) is 5.67. The van der Waals surface area contributed by atoms with Gasteiger partial charge in [-0.15, -0.1) is 23.1 Å². The normalized spacial score (nSPS) is 22.9. The molecule has 114 valence electrons. The van der Waals surface area contributed by atoms with Crippen LogP contribution in [0.25, 0.3) is 0 Å². The number of nitrogens with zero attached hydrogens (tertiary/aromatic N) is 1. The summed E-state index contributed by atoms with van der Waals surface area (Å²) in [6.45, 7) is 1.40. The van der Waals surface area contributed by atoms with Crippen molar-refractivity contribution in [2.24, 2.45) is 5.92 Å². The lowest BCUT2D eigenvalue weighted by atomic mass is 9.93. The standard InChI is InChI=1S/C15H19NO3S2/c17-13(18)9-10-1-5-16(6-2-10)15(19)14-11-3-7-20-12(11)4-8-21-14/h3,7,10,14H,1-2,4-6,8-9H2,(H,17,18). The summed E-state index contributed by atoms with van der Waals surface area (Å²) in [5.74, 6) is 0.722. The fourth-order valence-electron chi connectivity index (χ4n) is 3.12. The predicted octanol–water partition coefficient (Wildman–Crippen LogP) is 2.79. The third-order valence-corrected chi connectivity index (χ3v) is 6.52. The molecule has 1 aromatic rings. The molecule has 1 unspecified atom stereocenters. The Morgan fingerprint density at radius 1 is 1.33 bits per heavy atom. The zero-order valence-corrected chi connectivity index (χ0v) is 13.4. The average molecular weight is 325 g/mol. The average Bonchev–Trinajstić information content (AvgIpc) is 2.95. The molecular formula is C15H19NO3S2. The second-order valence-corrected chi connectivity index (χ2v) is 7.88. The molecule has 1 atom stereocenters. The number of thioether (sulfide) groups is 1. The van der Waals surface area contributed by atoms with Crippen LogP contribution < -0.4 is 0 Å². The van der Waals surface area contributed by atoms with E-state index in [0.29, 0.717) is 13.1 Å². The van der Waals surface area contributed by atoms with E-state index in [1.807, 2.05) is 4.90 Å². The first-order valence-electron chi connectivity index (χ1n) is 7.33. The number of carbonyl (C=O) groups excluding carboxylic acids is 1. The van der Waals surface area contributed by atoms with Crippen molar-refractivity contribution in [2.75, 3.05) is 18.8 Å². The van der Waals surface area contributed by atoms with Gasteiger partial charge < -0.3 is 10.0 Å². The Morgan fingerprint density at radius 2 is 2.10 bits per heavy atom. The number of carboxylic acid groups (broad SMARTS) is 1. The fourth-order valence-corrected chi connectivity index (χ4v) is 5.50. The summed E-state index contributed by atoms with van der Waals surface area (Å²) in [5, 5.41) is 10.9. The zero-order chi connectivity index (χ0) is 14.8. The van der Waals surface area contributed by atoms with Crippen LogP contribution in [0.3, 0.4) is 0 Å². The number of carbonyl (C=O) groups is 2. The SMILES string of the molecule is O=C(O)CC1CCN(C(=O)C2SCCc3sccc32)CC1. The van der Waals surface area contributed by atoms with Crippen LogP contribution in [-0.4, -0.2) is 40.7 Å². The van der Waals surface area contributed by atoms with E-state index >= 15 is 0 Å². The van der Waals surface area contributed by atoms with Gasteiger partial charge in [0, 0.05) is 24.4 Å². The number of fused-ring (bicyclic) bond motifs is 1. The van der Waals surface area contributed by atoms with Gasteiger partial charge in [0.05, 0.1) is 0 Å². The topological polar surface area (TPSA) is 57.6 Å². The Labute approximate surface area is 132 Å². The lowest BCUT2D eigenvalue weighted by molar-refractivity contribution is -0.138. The van der Waals surface area contributed by atoms with Crippen molar-refractivity contribution in [1.82, 2.24) is 4.90 Å². The van der Waals surface area contributed by atoms with Crippen molar-refractivity contribution in [3.63, 3.8) is 0 Å². The Balaban J connectivity index is 1.62. The summed E-state index contributed by atoms with van der Waals surface area (Å²) in [4.78, 5) is 26.8. The molecule has 0 aliphatic carbocycles. The largest absolute Gasteiger partial charge is 0.481 e. The molecule has 1 N–H and O–H groups in total. The Kier molecular flexibility index (Phi) is 4.54. The van der Waals surface area contributed by atoms with E-state index in [2.05, 4.69) is 11.4 Å². The van der Waals surface area contributed by atoms with Crippen LogP contribution in [0.5, 0.6) is 0 Å². The van der Waals surface area contributed by atoms with Gasteiger partial charge in [-0.1, -0.05) is 0 Å². The van der Waals surface area contributed by atoms with Gasteiger partial charge in [-0.05, 0) is 47.9 Å². The lowest BCUT2D eigenvalue weighted by Gasteiger charge is -2.34. The summed E-state index contributed by atoms with van der Waals surface area (Å²) in [6.07, 6.45) is 2.93. The van der Waals surface area contributed by atoms with Gasteiger partial charge in [0.1, 0.15) is 5.25 Å². The Bertz CT molecular complexity index is 535. The summed E-state index contributed by atoms with van der Waals surface area (Å²) in [6, 6.07) is 2.09. The van der Waals surface area contributed by atoms with Crippen LogP contribution in [0, 0.1) is 5.92 Å². The van der Waals surface area contributed by atoms with E-state index < -0.39 is 5.97 Å². The van der Waals surface area contributed by atoms with Crippen LogP contribution in [0.2, 0.25) is 0 Å². The van der Waals surface area contributed by atoms with Crippen molar-refractivity contribution in [1.29, 1.82) is 0 Å². The second kappa shape index (κ2) is 6.40. The van der Waals surface area contributed by atoms with Crippen molar-refractivity contribution in [2.45, 2.75) is 30.9 Å². The molecule has 21 heavy (non-hydrogen) atoms. The van der Waals surface area contributed by atoms with Crippen molar-refractivity contribution >= 4 is 35.0 Å². The number of hydrogen-bond acceptors (Lipinski definition) is 4. The smallest absolute Gasteiger partial charge is 0.303 e. The number of piperidine rings is 1. The molecule has 1 amide bonds. The monoisotopic (exact) mass is 325 g/mol. The van der Waals surface area contributed by atoms with Gasteiger partial charge in [-0.25, -0.2) is 0 Å². The van der Waals surface area contributed by atoms with Gasteiger partial charge in [0.25, 0.3) is 0 Å². The van der Waals surface area contributed by atoms with Gasteiger partial charge >= 0.3 is 5.97 Å². The number of rotatable bonds is 3. The van der Waals surface area contributed by atoms with Crippen LogP contribution in [-0.2, 0) is 16.0 Å². The molecule has 0 saturated carbocycles. The molecule has 2 aliphatic rings. The molecule has 4 nitrogen and oxygen atoms in total. The van der Waals surface area contributed by atoms with Crippen LogP contribution >= 0.6 is 23.1 Å². The number of carboxylic acids is 1. The van der Waals surface area contributed by atoms with E-state index in [-0.39, 0.29) is 23.5 Å². The predicted molar refractivity (Wildman–Crippen MR) is 84.8 cm³/mol. The van der Waals surface area contributed by atoms with E-state index in [0.717, 1.165) is 25.0 Å². The molecule has 6 heteroatoms. The molecular weight excluding hydrogens is 306 g/mol. The molecule has 1 saturated heterocycles. The highest BCUT2D eigenvalue weighted by molar-refractivity contribution is 8.00. The summed E-state index contributed by atoms with van der Waals surface area (Å²) in [7, 11) is 0. The van der Waals surface area contributed by atoms with Crippen molar-refractivity contribution < 1.29 is 14.7 Å². The number of thiophene rings is 1. The minimum Gasteiger partial charge on any atom is -0.481 e. The van der Waals surface area contributed by atoms with Gasteiger partial charge in [0.15, 0.2) is 0 Å². The molecule has 2 aliphatic heterocycles. The number of likely N-dealkylation sites (tertiary alicyclic amines) is 1. The molecule has 0 spiro atoms. The quantitative estimate of drug-likeness (QED) is 0.928. The maximum absolute atomic E-state index is 12.7. The van der Waals surface area contributed by atoms with Crippen LogP contribution in [0.4, 0.5) is 0 Å². The Morgan fingerprint density at radius 3 is 2.81 bits per heavy atom.